The standard InChI is InChI=1S/C24H30N4O4S/c1-32-24(31)19-20(25)21(33-22(19)27-10-9-15(12-27)23(29)30)14-7-8-18-17(11-14)26-13-28(18)16-5-3-2-4-6-16/h7-8,11,13,15-16,23,29-30H,2-6,9-10,12,25H2,1H3/t15-/m1/s1. The molecule has 0 spiro atoms. The SMILES string of the molecule is COC(=O)c1c(N2CC[C@@H](C(O)O)C2)sc(-c2ccc3c(c2)ncn3C2CCCCC2)c1N. The highest BCUT2D eigenvalue weighted by Crippen LogP contribution is 2.46. The summed E-state index contributed by atoms with van der Waals surface area (Å²) >= 11 is 1.44. The Bertz CT molecular complexity index is 1160. The van der Waals surface area contributed by atoms with E-state index >= 15 is 0 Å². The number of hydrogen-bond acceptors (Lipinski definition) is 8. The van der Waals surface area contributed by atoms with E-state index in [2.05, 4.69) is 15.6 Å². The fourth-order valence-electron chi connectivity index (χ4n) is 5.21. The first-order chi connectivity index (χ1) is 16.0. The second-order valence-electron chi connectivity index (χ2n) is 9.07. The lowest BCUT2D eigenvalue weighted by atomic mass is 9.95. The van der Waals surface area contributed by atoms with Crippen LogP contribution in [0.1, 0.15) is 54.9 Å². The average molecular weight is 471 g/mol. The van der Waals surface area contributed by atoms with Gasteiger partial charge in [-0.1, -0.05) is 25.3 Å². The molecule has 0 bridgehead atoms. The van der Waals surface area contributed by atoms with E-state index in [-0.39, 0.29) is 5.92 Å². The molecule has 9 heteroatoms. The van der Waals surface area contributed by atoms with Crippen LogP contribution < -0.4 is 10.6 Å². The van der Waals surface area contributed by atoms with Gasteiger partial charge in [0.2, 0.25) is 0 Å². The highest BCUT2D eigenvalue weighted by molar-refractivity contribution is 7.20. The summed E-state index contributed by atoms with van der Waals surface area (Å²) in [5.41, 5.74) is 10.2. The van der Waals surface area contributed by atoms with E-state index in [0.29, 0.717) is 41.8 Å². The monoisotopic (exact) mass is 470 g/mol. The van der Waals surface area contributed by atoms with Crippen molar-refractivity contribution >= 4 is 39.0 Å². The number of hydrogen-bond donors (Lipinski definition) is 3. The van der Waals surface area contributed by atoms with E-state index in [0.717, 1.165) is 21.5 Å². The van der Waals surface area contributed by atoms with E-state index in [1.807, 2.05) is 23.4 Å². The number of nitrogens with zero attached hydrogens (tertiary/aromatic N) is 3. The number of thiophene rings is 1. The number of imidazole rings is 1. The van der Waals surface area contributed by atoms with Crippen LogP contribution in [0.15, 0.2) is 24.5 Å². The van der Waals surface area contributed by atoms with Crippen LogP contribution in [0, 0.1) is 5.92 Å². The van der Waals surface area contributed by atoms with Crippen molar-refractivity contribution in [1.29, 1.82) is 0 Å². The van der Waals surface area contributed by atoms with Crippen molar-refractivity contribution in [3.63, 3.8) is 0 Å². The molecule has 1 aliphatic carbocycles. The molecular formula is C24H30N4O4S. The van der Waals surface area contributed by atoms with Gasteiger partial charge in [0.15, 0.2) is 6.29 Å². The number of ether oxygens (including phenoxy) is 1. The molecule has 5 rings (SSSR count). The van der Waals surface area contributed by atoms with Crippen molar-refractivity contribution in [3.8, 4) is 10.4 Å². The zero-order valence-corrected chi connectivity index (χ0v) is 19.6. The van der Waals surface area contributed by atoms with Gasteiger partial charge in [0.05, 0.1) is 35.0 Å². The smallest absolute Gasteiger partial charge is 0.343 e. The normalized spacial score (nSPS) is 19.6. The van der Waals surface area contributed by atoms with E-state index in [9.17, 15) is 15.0 Å². The first-order valence-corrected chi connectivity index (χ1v) is 12.4. The van der Waals surface area contributed by atoms with Gasteiger partial charge in [0.1, 0.15) is 10.6 Å². The predicted molar refractivity (Wildman–Crippen MR) is 129 cm³/mol. The molecule has 3 aromatic rings. The molecule has 1 saturated heterocycles. The Kier molecular flexibility index (Phi) is 6.03. The number of benzene rings is 1. The summed E-state index contributed by atoms with van der Waals surface area (Å²) in [6.45, 7) is 1.07. The van der Waals surface area contributed by atoms with Crippen LogP contribution in [0.3, 0.4) is 0 Å². The second kappa shape index (κ2) is 8.96. The summed E-state index contributed by atoms with van der Waals surface area (Å²) in [5.74, 6) is -0.747. The van der Waals surface area contributed by atoms with Crippen LogP contribution in [-0.4, -0.2) is 52.2 Å². The molecule has 1 saturated carbocycles. The fraction of sp³-hybridized carbons (Fsp3) is 0.500. The quantitative estimate of drug-likeness (QED) is 0.384. The van der Waals surface area contributed by atoms with E-state index in [1.165, 1.54) is 50.6 Å². The molecule has 0 unspecified atom stereocenters. The van der Waals surface area contributed by atoms with Gasteiger partial charge in [-0.3, -0.25) is 0 Å². The molecule has 1 aromatic carbocycles. The summed E-state index contributed by atoms with van der Waals surface area (Å²) < 4.78 is 7.33. The third kappa shape index (κ3) is 3.98. The van der Waals surface area contributed by atoms with Gasteiger partial charge in [-0.25, -0.2) is 9.78 Å². The molecule has 8 nitrogen and oxygen atoms in total. The summed E-state index contributed by atoms with van der Waals surface area (Å²) in [5, 5.41) is 19.9. The van der Waals surface area contributed by atoms with Gasteiger partial charge in [0, 0.05) is 25.0 Å². The number of rotatable bonds is 5. The lowest BCUT2D eigenvalue weighted by Crippen LogP contribution is -2.26. The first-order valence-electron chi connectivity index (χ1n) is 11.6. The number of aliphatic hydroxyl groups is 2. The summed E-state index contributed by atoms with van der Waals surface area (Å²) in [4.78, 5) is 20.1. The highest BCUT2D eigenvalue weighted by atomic mass is 32.1. The third-order valence-electron chi connectivity index (χ3n) is 7.05. The Balaban J connectivity index is 1.52. The Morgan fingerprint density at radius 3 is 2.73 bits per heavy atom. The van der Waals surface area contributed by atoms with Crippen LogP contribution in [0.25, 0.3) is 21.5 Å². The van der Waals surface area contributed by atoms with Crippen LogP contribution in [0.4, 0.5) is 10.7 Å². The molecule has 2 aromatic heterocycles. The van der Waals surface area contributed by atoms with E-state index in [4.69, 9.17) is 10.5 Å². The number of anilines is 2. The number of carbonyl (C=O) groups is 1. The van der Waals surface area contributed by atoms with E-state index < -0.39 is 12.3 Å². The maximum Gasteiger partial charge on any atom is 0.343 e. The molecule has 176 valence electrons. The minimum absolute atomic E-state index is 0.262. The number of aromatic nitrogens is 2. The molecule has 0 amide bonds. The van der Waals surface area contributed by atoms with Crippen LogP contribution >= 0.6 is 11.3 Å². The molecule has 4 N–H and O–H groups in total. The number of nitrogen functional groups attached to an aromatic ring is 1. The van der Waals surface area contributed by atoms with Crippen LogP contribution in [0.5, 0.6) is 0 Å². The minimum atomic E-state index is -1.38. The zero-order valence-electron chi connectivity index (χ0n) is 18.7. The van der Waals surface area contributed by atoms with Gasteiger partial charge >= 0.3 is 5.97 Å². The van der Waals surface area contributed by atoms with Crippen molar-refractivity contribution in [2.75, 3.05) is 30.8 Å². The molecule has 1 atom stereocenters. The number of carbonyl (C=O) groups excluding carboxylic acids is 1. The lowest BCUT2D eigenvalue weighted by molar-refractivity contribution is -0.0771. The Hall–Kier alpha value is -2.62. The Labute approximate surface area is 196 Å². The fourth-order valence-corrected chi connectivity index (χ4v) is 6.45. The largest absolute Gasteiger partial charge is 0.465 e. The summed E-state index contributed by atoms with van der Waals surface area (Å²) in [6, 6.07) is 6.67. The van der Waals surface area contributed by atoms with Crippen LogP contribution in [0.2, 0.25) is 0 Å². The number of methoxy groups -OCH3 is 1. The Morgan fingerprint density at radius 2 is 2.03 bits per heavy atom. The lowest BCUT2D eigenvalue weighted by Gasteiger charge is -2.23. The first kappa shape index (κ1) is 22.2. The molecule has 0 radical (unpaired) electrons. The number of esters is 1. The predicted octanol–water partition coefficient (Wildman–Crippen LogP) is 3.78. The highest BCUT2D eigenvalue weighted by Gasteiger charge is 2.33. The van der Waals surface area contributed by atoms with Gasteiger partial charge in [-0.2, -0.15) is 0 Å². The minimum Gasteiger partial charge on any atom is -0.465 e. The summed E-state index contributed by atoms with van der Waals surface area (Å²) in [7, 11) is 1.34. The maximum absolute atomic E-state index is 12.6. The van der Waals surface area contributed by atoms with E-state index in [1.54, 1.807) is 0 Å². The van der Waals surface area contributed by atoms with Crippen molar-refractivity contribution in [3.05, 3.63) is 30.1 Å². The molecule has 2 aliphatic rings. The van der Waals surface area contributed by atoms with Crippen molar-refractivity contribution in [2.45, 2.75) is 50.9 Å². The topological polar surface area (TPSA) is 114 Å². The third-order valence-corrected chi connectivity index (χ3v) is 8.37. The van der Waals surface area contributed by atoms with Gasteiger partial charge in [0.25, 0.3) is 0 Å². The number of nitrogens with two attached hydrogens (primary N) is 1. The number of fused-ring (bicyclic) bond motifs is 1. The average Bonchev–Trinajstić information content (AvgIpc) is 3.55. The zero-order chi connectivity index (χ0) is 23.1. The van der Waals surface area contributed by atoms with Gasteiger partial charge < -0.3 is 30.2 Å². The second-order valence-corrected chi connectivity index (χ2v) is 10.1. The Morgan fingerprint density at radius 1 is 1.24 bits per heavy atom. The van der Waals surface area contributed by atoms with Crippen molar-refractivity contribution < 1.29 is 19.7 Å². The van der Waals surface area contributed by atoms with Crippen molar-refractivity contribution in [2.24, 2.45) is 5.92 Å². The maximum atomic E-state index is 12.6. The van der Waals surface area contributed by atoms with Gasteiger partial charge in [-0.15, -0.1) is 11.3 Å². The molecule has 2 fully saturated rings. The molecule has 1 aliphatic heterocycles. The summed E-state index contributed by atoms with van der Waals surface area (Å²) in [6.07, 6.45) is 7.41. The number of aliphatic hydroxyl groups excluding tert-OH is 1. The molecular weight excluding hydrogens is 440 g/mol. The van der Waals surface area contributed by atoms with Crippen LogP contribution in [-0.2, 0) is 4.74 Å². The van der Waals surface area contributed by atoms with Gasteiger partial charge in [-0.05, 0) is 37.0 Å². The van der Waals surface area contributed by atoms with Crippen molar-refractivity contribution in [1.82, 2.24) is 9.55 Å². The molecule has 33 heavy (non-hydrogen) atoms. The molecule has 3 heterocycles.